The van der Waals surface area contributed by atoms with E-state index in [9.17, 15) is 43.5 Å². The summed E-state index contributed by atoms with van der Waals surface area (Å²) in [5, 5.41) is 20.7. The lowest BCUT2D eigenvalue weighted by molar-refractivity contribution is -0.161. The number of allylic oxidation sites excluding steroid dienone is 34. The minimum Gasteiger partial charge on any atom is -0.463 e. The topological polar surface area (TPSA) is 231 Å². The zero-order chi connectivity index (χ0) is 78.0. The van der Waals surface area contributed by atoms with Crippen molar-refractivity contribution in [3.8, 4) is 0 Å². The van der Waals surface area contributed by atoms with E-state index >= 15 is 0 Å². The molecule has 0 heterocycles. The van der Waals surface area contributed by atoms with Crippen molar-refractivity contribution in [3.63, 3.8) is 0 Å². The Morgan fingerprint density at radius 1 is 0.262 bits per heavy atom. The minimum atomic E-state index is -4.97. The third kappa shape index (κ3) is 81.0. The first kappa shape index (κ1) is 101. The summed E-state index contributed by atoms with van der Waals surface area (Å²) in [6.45, 7) is 2.19. The SMILES string of the molecule is CC/C=C\C/C=C\C/C=C\C/C=C\C/C=C\C/C=C\CCCCCCC(=O)OCC(COP(=O)(O)OCC(O)COP(=O)(O)OCC(O)COC(=O)CCCCCCCCCCCCCCC/C=C\C/C=C\C/C=C\C/C=C\C/C=C\CC)OC(=O)CC/C=C\C/C=C\C/C=C\C/C=C\C/C=C\C/C=C\CC. The van der Waals surface area contributed by atoms with Crippen LogP contribution < -0.4 is 0 Å². The van der Waals surface area contributed by atoms with Gasteiger partial charge in [-0.1, -0.05) is 311 Å². The molecule has 604 valence electrons. The van der Waals surface area contributed by atoms with E-state index in [1.165, 1.54) is 57.8 Å². The van der Waals surface area contributed by atoms with Gasteiger partial charge in [0, 0.05) is 19.3 Å². The van der Waals surface area contributed by atoms with E-state index in [-0.39, 0.29) is 19.3 Å². The lowest BCUT2D eigenvalue weighted by atomic mass is 10.0. The van der Waals surface area contributed by atoms with E-state index in [1.54, 1.807) is 0 Å². The van der Waals surface area contributed by atoms with E-state index in [2.05, 4.69) is 209 Å². The molecule has 0 spiro atoms. The molecule has 107 heavy (non-hydrogen) atoms. The molecular formula is C89H142O16P2. The average molecular weight is 1530 g/mol. The molecular weight excluding hydrogens is 1390 g/mol. The lowest BCUT2D eigenvalue weighted by Crippen LogP contribution is -2.29. The number of hydrogen-bond acceptors (Lipinski definition) is 14. The molecule has 16 nitrogen and oxygen atoms in total. The van der Waals surface area contributed by atoms with Gasteiger partial charge in [0.1, 0.15) is 25.4 Å². The Morgan fingerprint density at radius 2 is 0.486 bits per heavy atom. The molecule has 0 radical (unpaired) electrons. The van der Waals surface area contributed by atoms with Crippen molar-refractivity contribution in [2.24, 2.45) is 0 Å². The fraction of sp³-hybridized carbons (Fsp3) is 0.584. The van der Waals surface area contributed by atoms with Gasteiger partial charge >= 0.3 is 33.6 Å². The van der Waals surface area contributed by atoms with Gasteiger partial charge in [0.2, 0.25) is 0 Å². The van der Waals surface area contributed by atoms with Crippen molar-refractivity contribution in [2.45, 2.75) is 296 Å². The van der Waals surface area contributed by atoms with Crippen molar-refractivity contribution in [1.82, 2.24) is 0 Å². The Hall–Kier alpha value is -5.87. The Morgan fingerprint density at radius 3 is 0.776 bits per heavy atom. The largest absolute Gasteiger partial charge is 0.472 e. The molecule has 5 unspecified atom stereocenters. The van der Waals surface area contributed by atoms with Crippen LogP contribution in [0.3, 0.4) is 0 Å². The number of aliphatic hydroxyl groups is 2. The summed E-state index contributed by atoms with van der Waals surface area (Å²) in [6.07, 6.45) is 106. The Kier molecular flexibility index (Phi) is 75.3. The minimum absolute atomic E-state index is 0.0354. The van der Waals surface area contributed by atoms with E-state index in [1.807, 2.05) is 18.2 Å². The number of hydrogen-bond donors (Lipinski definition) is 4. The van der Waals surface area contributed by atoms with Crippen LogP contribution in [0.4, 0.5) is 0 Å². The molecule has 0 aromatic heterocycles. The van der Waals surface area contributed by atoms with E-state index in [4.69, 9.17) is 32.3 Å². The molecule has 0 saturated heterocycles. The predicted molar refractivity (Wildman–Crippen MR) is 444 cm³/mol. The molecule has 0 aliphatic heterocycles. The monoisotopic (exact) mass is 1530 g/mol. The second-order valence-electron chi connectivity index (χ2n) is 26.1. The smallest absolute Gasteiger partial charge is 0.463 e. The molecule has 0 fully saturated rings. The summed E-state index contributed by atoms with van der Waals surface area (Å²) < 4.78 is 61.1. The zero-order valence-electron chi connectivity index (χ0n) is 66.0. The van der Waals surface area contributed by atoms with Gasteiger partial charge in [-0.25, -0.2) is 9.13 Å². The first-order valence-corrected chi connectivity index (χ1v) is 43.4. The number of carbonyl (C=O) groups is 3. The maximum absolute atomic E-state index is 13.0. The van der Waals surface area contributed by atoms with Gasteiger partial charge in [0.15, 0.2) is 6.10 Å². The number of phosphoric ester groups is 2. The summed E-state index contributed by atoms with van der Waals surface area (Å²) in [7, 11) is -9.85. The summed E-state index contributed by atoms with van der Waals surface area (Å²) in [6, 6.07) is 0. The molecule has 0 aromatic rings. The van der Waals surface area contributed by atoms with Gasteiger partial charge in [0.05, 0.1) is 26.4 Å². The Bertz CT molecular complexity index is 2770. The highest BCUT2D eigenvalue weighted by Gasteiger charge is 2.29. The van der Waals surface area contributed by atoms with E-state index in [0.717, 1.165) is 154 Å². The van der Waals surface area contributed by atoms with Crippen LogP contribution in [0.2, 0.25) is 0 Å². The highest BCUT2D eigenvalue weighted by Crippen LogP contribution is 2.45. The van der Waals surface area contributed by atoms with Crippen LogP contribution in [0.5, 0.6) is 0 Å². The molecule has 0 bridgehead atoms. The Balaban J connectivity index is 4.70. The van der Waals surface area contributed by atoms with Gasteiger partial charge in [0.25, 0.3) is 0 Å². The van der Waals surface area contributed by atoms with Crippen molar-refractivity contribution in [2.75, 3.05) is 39.6 Å². The standard InChI is InChI=1S/C89H142O16P2/c1-4-7-10-13-16-19-22-25-28-31-34-36-38-39-40-41-42-43-45-47-49-51-54-57-60-63-66-69-72-75-87(92)99-78-84(90)79-101-106(95,96)102-80-85(91)81-103-107(97,98)104-83-86(105-89(94)77-74-71-68-65-62-59-56-53-48-33-30-27-24-21-18-15-12-9-6-3)82-100-88(93)76-73-70-67-64-61-58-55-52-50-46-44-37-35-32-29-26-23-20-17-14-11-8-5-2/h7-12,16-21,25-30,34-37,39-40,46,48,50,53,55,58-59,62,68,71,84-86,90-91H,4-6,13-15,22-24,31-33,38,41-45,47,49,51-52,54,56-57,60-61,63-67,69-70,72-83H2,1-3H3,(H,95,96)(H,97,98)/b10-7-,11-8-,12-9-,19-16-,20-17-,21-18-,28-25-,29-26-,30-27-,36-34-,37-35-,40-39-,50-46-,53-48-,58-55-,62-59-,71-68-. The quantitative estimate of drug-likeness (QED) is 0.0146. The summed E-state index contributed by atoms with van der Waals surface area (Å²) in [4.78, 5) is 58.7. The first-order valence-electron chi connectivity index (χ1n) is 40.4. The maximum Gasteiger partial charge on any atom is 0.472 e. The molecule has 18 heteroatoms. The van der Waals surface area contributed by atoms with Crippen LogP contribution in [-0.2, 0) is 55.8 Å². The number of ether oxygens (including phenoxy) is 3. The van der Waals surface area contributed by atoms with Crippen LogP contribution in [0.25, 0.3) is 0 Å². The van der Waals surface area contributed by atoms with Gasteiger partial charge in [-0.3, -0.25) is 32.5 Å². The number of esters is 3. The van der Waals surface area contributed by atoms with Crippen molar-refractivity contribution >= 4 is 33.6 Å². The molecule has 0 amide bonds. The third-order valence-corrected chi connectivity index (χ3v) is 17.9. The van der Waals surface area contributed by atoms with Gasteiger partial charge in [-0.05, 0) is 154 Å². The average Bonchev–Trinajstić information content (AvgIpc) is 0.918. The summed E-state index contributed by atoms with van der Waals surface area (Å²) in [5.41, 5.74) is 0. The van der Waals surface area contributed by atoms with E-state index in [0.29, 0.717) is 25.7 Å². The fourth-order valence-electron chi connectivity index (χ4n) is 9.98. The van der Waals surface area contributed by atoms with E-state index < -0.39 is 91.5 Å². The maximum atomic E-state index is 13.0. The predicted octanol–water partition coefficient (Wildman–Crippen LogP) is 24.1. The van der Waals surface area contributed by atoms with Crippen LogP contribution in [-0.4, -0.2) is 95.9 Å². The molecule has 0 aromatic carbocycles. The van der Waals surface area contributed by atoms with Crippen molar-refractivity contribution < 1.29 is 75.8 Å². The van der Waals surface area contributed by atoms with Crippen molar-refractivity contribution in [3.05, 3.63) is 207 Å². The lowest BCUT2D eigenvalue weighted by Gasteiger charge is -2.21. The number of phosphoric acid groups is 2. The second kappa shape index (κ2) is 79.7. The number of rotatable bonds is 74. The van der Waals surface area contributed by atoms with Gasteiger partial charge in [-0.2, -0.15) is 0 Å². The number of unbranched alkanes of at least 4 members (excludes halogenated alkanes) is 17. The molecule has 0 saturated carbocycles. The summed E-state index contributed by atoms with van der Waals surface area (Å²) in [5.74, 6) is -1.72. The first-order chi connectivity index (χ1) is 52.2. The van der Waals surface area contributed by atoms with Crippen molar-refractivity contribution in [1.29, 1.82) is 0 Å². The molecule has 0 rings (SSSR count). The number of aliphatic hydroxyl groups excluding tert-OH is 2. The van der Waals surface area contributed by atoms with Crippen LogP contribution in [0.1, 0.15) is 278 Å². The summed E-state index contributed by atoms with van der Waals surface area (Å²) >= 11 is 0. The Labute approximate surface area is 648 Å². The van der Waals surface area contributed by atoms with Gasteiger partial charge < -0.3 is 34.2 Å². The third-order valence-electron chi connectivity index (χ3n) is 16.0. The molecule has 5 atom stereocenters. The highest BCUT2D eigenvalue weighted by molar-refractivity contribution is 7.47. The van der Waals surface area contributed by atoms with Crippen LogP contribution in [0, 0.1) is 0 Å². The zero-order valence-corrected chi connectivity index (χ0v) is 67.8. The molecule has 0 aliphatic rings. The highest BCUT2D eigenvalue weighted by atomic mass is 31.2. The normalized spacial score (nSPS) is 15.0. The van der Waals surface area contributed by atoms with Crippen LogP contribution >= 0.6 is 15.6 Å². The molecule has 4 N–H and O–H groups in total. The fourth-order valence-corrected chi connectivity index (χ4v) is 11.6. The molecule has 0 aliphatic carbocycles. The van der Waals surface area contributed by atoms with Gasteiger partial charge in [-0.15, -0.1) is 0 Å². The van der Waals surface area contributed by atoms with Crippen LogP contribution in [0.15, 0.2) is 207 Å². The second-order valence-corrected chi connectivity index (χ2v) is 29.0. The number of carbonyl (C=O) groups excluding carboxylic acids is 3.